The Morgan fingerprint density at radius 1 is 0.569 bits per heavy atom. The Labute approximate surface area is 356 Å². The Hall–Kier alpha value is -8.59. The van der Waals surface area contributed by atoms with Crippen molar-refractivity contribution < 1.29 is 129 Å². The van der Waals surface area contributed by atoms with Gasteiger partial charge < -0.3 is 99.9 Å². The first kappa shape index (κ1) is 41.7. The molecule has 26 heteroatoms. The molecule has 0 radical (unpaired) electrons. The lowest BCUT2D eigenvalue weighted by Gasteiger charge is -2.49. The molecule has 4 aromatic rings. The summed E-state index contributed by atoms with van der Waals surface area (Å²) < 4.78 is 39.3. The van der Waals surface area contributed by atoms with E-state index < -0.39 is 192 Å². The molecular formula is C39H26O26. The van der Waals surface area contributed by atoms with E-state index >= 15 is 0 Å². The average molecular weight is 911 g/mol. The average Bonchev–Trinajstić information content (AvgIpc) is 3.24. The van der Waals surface area contributed by atoms with Crippen molar-refractivity contribution in [3.8, 4) is 85.9 Å². The van der Waals surface area contributed by atoms with Crippen LogP contribution >= 0.6 is 0 Å². The van der Waals surface area contributed by atoms with E-state index in [1.54, 1.807) is 0 Å². The van der Waals surface area contributed by atoms with Crippen molar-refractivity contribution in [2.24, 2.45) is 0 Å². The van der Waals surface area contributed by atoms with E-state index in [1.165, 1.54) is 0 Å². The van der Waals surface area contributed by atoms with Crippen molar-refractivity contribution in [3.63, 3.8) is 0 Å². The van der Waals surface area contributed by atoms with Crippen molar-refractivity contribution in [1.82, 2.24) is 0 Å². The van der Waals surface area contributed by atoms with Crippen LogP contribution in [0.2, 0.25) is 0 Å². The Morgan fingerprint density at radius 3 is 1.77 bits per heavy atom. The highest BCUT2D eigenvalue weighted by atomic mass is 16.8. The SMILES string of the molecule is O=C1OC2C3Oc4cc(O)c(O)c(O)c4-c4c(cc(O)c(O)c4O)C(=O)OC2C(OC(=O)c2cc(O)c(O)c4c2C2C1=CC(=O)C(O)(O4)C2(O)O)C(OC(=O)c1cc(O)c(O)c(O)c1)O3. The number of ether oxygens (including phenoxy) is 7. The van der Waals surface area contributed by atoms with Gasteiger partial charge in [0.1, 0.15) is 5.75 Å². The molecule has 4 heterocycles. The quantitative estimate of drug-likeness (QED) is 0.0500. The number of rotatable bonds is 2. The van der Waals surface area contributed by atoms with Gasteiger partial charge in [0, 0.05) is 17.2 Å². The summed E-state index contributed by atoms with van der Waals surface area (Å²) in [5.41, 5.74) is -7.04. The van der Waals surface area contributed by atoms with E-state index in [9.17, 15) is 95.5 Å². The molecule has 1 saturated heterocycles. The number of benzene rings is 4. The lowest BCUT2D eigenvalue weighted by molar-refractivity contribution is -0.339. The maximum absolute atomic E-state index is 14.5. The van der Waals surface area contributed by atoms with E-state index in [-0.39, 0.29) is 6.08 Å². The molecule has 9 rings (SSSR count). The van der Waals surface area contributed by atoms with Crippen molar-refractivity contribution in [2.75, 3.05) is 0 Å². The fourth-order valence-corrected chi connectivity index (χ4v) is 7.88. The summed E-state index contributed by atoms with van der Waals surface area (Å²) in [5.74, 6) is -35.2. The van der Waals surface area contributed by atoms with Gasteiger partial charge in [-0.05, 0) is 30.3 Å². The minimum Gasteiger partial charge on any atom is -0.504 e. The van der Waals surface area contributed by atoms with Crippen molar-refractivity contribution >= 4 is 29.7 Å². The number of hydrogen-bond donors (Lipinski definition) is 14. The molecule has 0 saturated carbocycles. The molecule has 65 heavy (non-hydrogen) atoms. The highest BCUT2D eigenvalue weighted by Crippen LogP contribution is 2.59. The molecule has 7 atom stereocenters. The summed E-state index contributed by atoms with van der Waals surface area (Å²) in [7, 11) is 0. The normalized spacial score (nSPS) is 25.9. The number of hydrogen-bond acceptors (Lipinski definition) is 26. The highest BCUT2D eigenvalue weighted by molar-refractivity contribution is 6.09. The van der Waals surface area contributed by atoms with Crippen LogP contribution in [-0.4, -0.2) is 144 Å². The van der Waals surface area contributed by atoms with Crippen LogP contribution in [0.5, 0.6) is 74.7 Å². The van der Waals surface area contributed by atoms with E-state index in [0.717, 1.165) is 0 Å². The maximum Gasteiger partial charge on any atom is 0.340 e. The van der Waals surface area contributed by atoms with Gasteiger partial charge >= 0.3 is 29.7 Å². The first-order valence-corrected chi connectivity index (χ1v) is 18.1. The maximum atomic E-state index is 14.5. The standard InChI is InChI=1S/C39H26O26/c40-11-1-7(2-12(41)22(11)46)32(52)63-37-31-29-30(36(64-37)59-16-6-15(44)24(48)27(51)20(16)18-8(33(53)60-29)3-13(42)23(47)26(18)50)62-35(55)10-5-17(45)39(58)38(56,57)21(10)19-9(34(54)61-31)4-14(43)25(49)28(19)65-39/h1-6,21,29-31,36-37,40-44,46-51,56-58H. The second-order valence-corrected chi connectivity index (χ2v) is 14.8. The van der Waals surface area contributed by atoms with Crippen LogP contribution in [0.15, 0.2) is 42.0 Å². The van der Waals surface area contributed by atoms with Gasteiger partial charge in [0.05, 0.1) is 33.7 Å². The van der Waals surface area contributed by atoms with Crippen LogP contribution < -0.4 is 9.47 Å². The molecular weight excluding hydrogens is 884 g/mol. The molecule has 0 amide bonds. The van der Waals surface area contributed by atoms with Crippen molar-refractivity contribution in [3.05, 3.63) is 64.2 Å². The summed E-state index contributed by atoms with van der Waals surface area (Å²) in [6.45, 7) is 0. The smallest absolute Gasteiger partial charge is 0.340 e. The van der Waals surface area contributed by atoms with Gasteiger partial charge in [0.15, 0.2) is 57.8 Å². The van der Waals surface area contributed by atoms with Gasteiger partial charge in [-0.25, -0.2) is 19.2 Å². The fourth-order valence-electron chi connectivity index (χ4n) is 7.88. The lowest BCUT2D eigenvalue weighted by Crippen LogP contribution is -2.70. The van der Waals surface area contributed by atoms with Gasteiger partial charge in [-0.2, -0.15) is 0 Å². The number of ketones is 1. The molecule has 7 unspecified atom stereocenters. The van der Waals surface area contributed by atoms with Crippen LogP contribution in [0.25, 0.3) is 11.1 Å². The van der Waals surface area contributed by atoms with Gasteiger partial charge in [-0.1, -0.05) is 0 Å². The van der Waals surface area contributed by atoms with Crippen LogP contribution in [0.4, 0.5) is 0 Å². The number of phenols is 11. The number of aromatic hydroxyl groups is 11. The number of carbonyl (C=O) groups is 5. The monoisotopic (exact) mass is 910 g/mol. The molecule has 0 spiro atoms. The molecule has 338 valence electrons. The van der Waals surface area contributed by atoms with Crippen molar-refractivity contribution in [1.29, 1.82) is 0 Å². The van der Waals surface area contributed by atoms with Crippen molar-refractivity contribution in [2.45, 2.75) is 48.4 Å². The third-order valence-electron chi connectivity index (χ3n) is 11.0. The summed E-state index contributed by atoms with van der Waals surface area (Å²) >= 11 is 0. The van der Waals surface area contributed by atoms with E-state index in [0.29, 0.717) is 30.3 Å². The largest absolute Gasteiger partial charge is 0.504 e. The van der Waals surface area contributed by atoms with Crippen LogP contribution in [0.1, 0.15) is 42.6 Å². The zero-order chi connectivity index (χ0) is 47.1. The Balaban J connectivity index is 1.31. The first-order chi connectivity index (χ1) is 30.5. The molecule has 1 fully saturated rings. The minimum absolute atomic E-state index is 0.272. The lowest BCUT2D eigenvalue weighted by atomic mass is 9.70. The Bertz CT molecular complexity index is 2890. The number of esters is 4. The van der Waals surface area contributed by atoms with Gasteiger partial charge in [-0.15, -0.1) is 0 Å². The number of aliphatic hydroxyl groups is 3. The topological polar surface area (TPSA) is 433 Å². The molecule has 0 aromatic heterocycles. The predicted molar refractivity (Wildman–Crippen MR) is 195 cm³/mol. The molecule has 4 aliphatic heterocycles. The second-order valence-electron chi connectivity index (χ2n) is 14.8. The second kappa shape index (κ2) is 13.7. The van der Waals surface area contributed by atoms with Crippen LogP contribution in [-0.2, 0) is 33.3 Å². The van der Waals surface area contributed by atoms with E-state index in [4.69, 9.17) is 33.2 Å². The highest BCUT2D eigenvalue weighted by Gasteiger charge is 2.70. The van der Waals surface area contributed by atoms with Crippen LogP contribution in [0.3, 0.4) is 0 Å². The Morgan fingerprint density at radius 2 is 1.11 bits per heavy atom. The summed E-state index contributed by atoms with van der Waals surface area (Å²) in [5, 5.41) is 150. The third kappa shape index (κ3) is 5.78. The van der Waals surface area contributed by atoms with Crippen LogP contribution in [0, 0.1) is 0 Å². The summed E-state index contributed by atoms with van der Waals surface area (Å²) in [4.78, 5) is 70.5. The van der Waals surface area contributed by atoms with Gasteiger partial charge in [-0.3, -0.25) is 9.53 Å². The van der Waals surface area contributed by atoms with E-state index in [1.807, 2.05) is 0 Å². The zero-order valence-electron chi connectivity index (χ0n) is 31.6. The molecule has 14 N–H and O–H groups in total. The van der Waals surface area contributed by atoms with Gasteiger partial charge in [0.2, 0.25) is 47.8 Å². The molecule has 5 aliphatic rings. The van der Waals surface area contributed by atoms with E-state index in [2.05, 4.69) is 0 Å². The minimum atomic E-state index is -3.96. The number of phenolic OH excluding ortho intramolecular Hbond substituents is 11. The molecule has 1 aliphatic carbocycles. The molecule has 6 bridgehead atoms. The zero-order valence-corrected chi connectivity index (χ0v) is 31.6. The summed E-state index contributed by atoms with van der Waals surface area (Å²) in [6, 6.07) is 2.49. The third-order valence-corrected chi connectivity index (χ3v) is 11.0. The first-order valence-electron chi connectivity index (χ1n) is 18.1. The predicted octanol–water partition coefficient (Wildman–Crippen LogP) is -0.922. The van der Waals surface area contributed by atoms with Gasteiger partial charge in [0.25, 0.3) is 5.79 Å². The fraction of sp³-hybridized carbons (Fsp3) is 0.205. The molecule has 4 aromatic carbocycles. The molecule has 26 nitrogen and oxygen atoms in total. The summed E-state index contributed by atoms with van der Waals surface area (Å²) in [6.07, 6.45) is -12.4. The Kier molecular flexibility index (Phi) is 8.80. The number of fused-ring (bicyclic) bond motifs is 4. The number of carbonyl (C=O) groups excluding carboxylic acids is 5.